The Bertz CT molecular complexity index is 1320. The van der Waals surface area contributed by atoms with E-state index in [1.54, 1.807) is 6.08 Å². The molecule has 0 saturated carbocycles. The van der Waals surface area contributed by atoms with Crippen LogP contribution in [0.5, 0.6) is 0 Å². The molecular formula is C27H27ClN4O2S. The van der Waals surface area contributed by atoms with E-state index in [1.165, 1.54) is 19.4 Å². The van der Waals surface area contributed by atoms with Crippen LogP contribution in [0.4, 0.5) is 10.5 Å². The van der Waals surface area contributed by atoms with Crippen molar-refractivity contribution in [2.75, 3.05) is 37.6 Å². The molecule has 1 N–H and O–H groups in total. The summed E-state index contributed by atoms with van der Waals surface area (Å²) in [5.41, 5.74) is 3.88. The largest absolute Gasteiger partial charge is 0.368 e. The van der Waals surface area contributed by atoms with Gasteiger partial charge in [-0.25, -0.2) is 0 Å². The second-order valence-corrected chi connectivity index (χ2v) is 10.3. The fraction of sp³-hybridized carbons (Fsp3) is 0.296. The number of thioether (sulfide) groups is 1. The summed E-state index contributed by atoms with van der Waals surface area (Å²) in [4.78, 5) is 33.2. The number of nitrogens with one attached hydrogen (secondary N) is 1. The van der Waals surface area contributed by atoms with E-state index in [9.17, 15) is 9.59 Å². The standard InChI is InChI=1S/C27H27ClN4O2S/c1-2-3-8-31-9-11-32(12-10-31)24-7-6-19(15-23(24)28)22-17-29-16-20-5-4-18(13-21(20)22)14-25-26(33)30-27(34)35-25/h4-7,13-17H,2-3,8-12H2,1H3,(H,30,33,34). The van der Waals surface area contributed by atoms with Crippen molar-refractivity contribution in [3.8, 4) is 11.1 Å². The van der Waals surface area contributed by atoms with Crippen LogP contribution in [-0.4, -0.2) is 53.8 Å². The molecule has 2 saturated heterocycles. The van der Waals surface area contributed by atoms with E-state index in [0.717, 1.165) is 76.1 Å². The van der Waals surface area contributed by atoms with Gasteiger partial charge in [-0.3, -0.25) is 24.8 Å². The molecule has 2 aliphatic rings. The smallest absolute Gasteiger partial charge is 0.290 e. The lowest BCUT2D eigenvalue weighted by molar-refractivity contribution is -0.115. The first kappa shape index (κ1) is 23.9. The zero-order valence-electron chi connectivity index (χ0n) is 19.6. The van der Waals surface area contributed by atoms with E-state index in [4.69, 9.17) is 11.6 Å². The molecule has 2 amide bonds. The number of amides is 2. The number of halogens is 1. The van der Waals surface area contributed by atoms with E-state index < -0.39 is 0 Å². The summed E-state index contributed by atoms with van der Waals surface area (Å²) in [5, 5.41) is 4.69. The van der Waals surface area contributed by atoms with Gasteiger partial charge in [0.2, 0.25) is 0 Å². The van der Waals surface area contributed by atoms with Crippen LogP contribution in [0, 0.1) is 0 Å². The van der Waals surface area contributed by atoms with Gasteiger partial charge in [-0.2, -0.15) is 0 Å². The maximum atomic E-state index is 12.0. The molecule has 3 aromatic rings. The number of fused-ring (bicyclic) bond motifs is 1. The van der Waals surface area contributed by atoms with Crippen LogP contribution in [-0.2, 0) is 4.79 Å². The third-order valence-corrected chi connectivity index (χ3v) is 7.64. The van der Waals surface area contributed by atoms with E-state index in [-0.39, 0.29) is 11.1 Å². The van der Waals surface area contributed by atoms with Gasteiger partial charge in [-0.15, -0.1) is 0 Å². The molecule has 35 heavy (non-hydrogen) atoms. The van der Waals surface area contributed by atoms with Crippen molar-refractivity contribution >= 4 is 57.0 Å². The topological polar surface area (TPSA) is 65.5 Å². The highest BCUT2D eigenvalue weighted by atomic mass is 35.5. The average Bonchev–Trinajstić information content (AvgIpc) is 3.18. The van der Waals surface area contributed by atoms with Crippen LogP contribution in [0.2, 0.25) is 5.02 Å². The molecule has 2 fully saturated rings. The Morgan fingerprint density at radius 1 is 1.09 bits per heavy atom. The number of rotatable bonds is 6. The zero-order chi connectivity index (χ0) is 24.4. The minimum Gasteiger partial charge on any atom is -0.368 e. The number of imide groups is 1. The zero-order valence-corrected chi connectivity index (χ0v) is 21.2. The Morgan fingerprint density at radius 2 is 1.91 bits per heavy atom. The van der Waals surface area contributed by atoms with Crippen molar-refractivity contribution in [1.29, 1.82) is 0 Å². The van der Waals surface area contributed by atoms with Crippen molar-refractivity contribution in [1.82, 2.24) is 15.2 Å². The van der Waals surface area contributed by atoms with Gasteiger partial charge in [0.15, 0.2) is 0 Å². The number of benzene rings is 2. The molecule has 0 spiro atoms. The highest BCUT2D eigenvalue weighted by Gasteiger charge is 2.25. The molecule has 5 rings (SSSR count). The minimum absolute atomic E-state index is 0.343. The lowest BCUT2D eigenvalue weighted by Gasteiger charge is -2.36. The van der Waals surface area contributed by atoms with Gasteiger partial charge in [0, 0.05) is 49.5 Å². The summed E-state index contributed by atoms with van der Waals surface area (Å²) in [7, 11) is 0. The van der Waals surface area contributed by atoms with Crippen molar-refractivity contribution in [3.05, 3.63) is 64.3 Å². The fourth-order valence-electron chi connectivity index (χ4n) is 4.60. The predicted octanol–water partition coefficient (Wildman–Crippen LogP) is 5.80. The van der Waals surface area contributed by atoms with Crippen molar-refractivity contribution in [2.45, 2.75) is 19.8 Å². The molecule has 2 aliphatic heterocycles. The SMILES string of the molecule is CCCCN1CCN(c2ccc(-c3cncc4ccc(C=C5SC(=O)NC5=O)cc34)cc2Cl)CC1. The molecule has 0 radical (unpaired) electrons. The van der Waals surface area contributed by atoms with Gasteiger partial charge in [-0.05, 0) is 65.5 Å². The van der Waals surface area contributed by atoms with Crippen LogP contribution in [0.15, 0.2) is 53.7 Å². The van der Waals surface area contributed by atoms with Gasteiger partial charge in [0.05, 0.1) is 15.6 Å². The van der Waals surface area contributed by atoms with Crippen molar-refractivity contribution in [2.24, 2.45) is 0 Å². The summed E-state index contributed by atoms with van der Waals surface area (Å²) in [6, 6.07) is 12.1. The highest BCUT2D eigenvalue weighted by molar-refractivity contribution is 8.18. The fourth-order valence-corrected chi connectivity index (χ4v) is 5.58. The molecule has 0 unspecified atom stereocenters. The van der Waals surface area contributed by atoms with E-state index in [0.29, 0.717) is 4.91 Å². The van der Waals surface area contributed by atoms with Gasteiger partial charge >= 0.3 is 0 Å². The average molecular weight is 507 g/mol. The number of carbonyl (C=O) groups is 2. The monoisotopic (exact) mass is 506 g/mol. The second kappa shape index (κ2) is 10.4. The molecule has 8 heteroatoms. The normalized spacial score (nSPS) is 18.0. The number of pyridine rings is 1. The molecule has 3 heterocycles. The predicted molar refractivity (Wildman–Crippen MR) is 145 cm³/mol. The summed E-state index contributed by atoms with van der Waals surface area (Å²) >= 11 is 7.71. The first-order valence-electron chi connectivity index (χ1n) is 11.9. The maximum Gasteiger partial charge on any atom is 0.290 e. The Kier molecular flexibility index (Phi) is 7.09. The Hall–Kier alpha value is -2.87. The Morgan fingerprint density at radius 3 is 2.63 bits per heavy atom. The Balaban J connectivity index is 1.41. The van der Waals surface area contributed by atoms with Crippen LogP contribution >= 0.6 is 23.4 Å². The first-order valence-corrected chi connectivity index (χ1v) is 13.1. The van der Waals surface area contributed by atoms with Crippen LogP contribution < -0.4 is 10.2 Å². The number of aromatic nitrogens is 1. The Labute approximate surface area is 214 Å². The molecule has 6 nitrogen and oxygen atoms in total. The third kappa shape index (κ3) is 5.22. The van der Waals surface area contributed by atoms with E-state index in [2.05, 4.69) is 39.2 Å². The number of anilines is 1. The molecule has 2 aromatic carbocycles. The molecule has 1 aromatic heterocycles. The number of unbranched alkanes of at least 4 members (excludes halogenated alkanes) is 1. The summed E-state index contributed by atoms with van der Waals surface area (Å²) in [6.07, 6.45) is 7.88. The van der Waals surface area contributed by atoms with Crippen LogP contribution in [0.3, 0.4) is 0 Å². The number of hydrogen-bond acceptors (Lipinski definition) is 6. The van der Waals surface area contributed by atoms with Crippen LogP contribution in [0.25, 0.3) is 28.0 Å². The minimum atomic E-state index is -0.358. The molecular weight excluding hydrogens is 480 g/mol. The molecule has 0 atom stereocenters. The molecule has 0 aliphatic carbocycles. The first-order chi connectivity index (χ1) is 17.0. The highest BCUT2D eigenvalue weighted by Crippen LogP contribution is 2.35. The lowest BCUT2D eigenvalue weighted by Crippen LogP contribution is -2.46. The third-order valence-electron chi connectivity index (χ3n) is 6.52. The number of hydrogen-bond donors (Lipinski definition) is 1. The van der Waals surface area contributed by atoms with Gasteiger partial charge < -0.3 is 4.90 Å². The van der Waals surface area contributed by atoms with Gasteiger partial charge in [0.1, 0.15) is 0 Å². The molecule has 180 valence electrons. The van der Waals surface area contributed by atoms with E-state index >= 15 is 0 Å². The summed E-state index contributed by atoms with van der Waals surface area (Å²) in [5.74, 6) is -0.358. The summed E-state index contributed by atoms with van der Waals surface area (Å²) < 4.78 is 0. The molecule has 0 bridgehead atoms. The second-order valence-electron chi connectivity index (χ2n) is 8.87. The number of nitrogens with zero attached hydrogens (tertiary/aromatic N) is 3. The maximum absolute atomic E-state index is 12.0. The summed E-state index contributed by atoms with van der Waals surface area (Å²) in [6.45, 7) is 7.48. The number of carbonyl (C=O) groups excluding carboxylic acids is 2. The van der Waals surface area contributed by atoms with Gasteiger partial charge in [-0.1, -0.05) is 43.1 Å². The van der Waals surface area contributed by atoms with E-state index in [1.807, 2.05) is 36.7 Å². The van der Waals surface area contributed by atoms with Crippen molar-refractivity contribution in [3.63, 3.8) is 0 Å². The van der Waals surface area contributed by atoms with Crippen molar-refractivity contribution < 1.29 is 9.59 Å². The lowest BCUT2D eigenvalue weighted by atomic mass is 9.98. The quantitative estimate of drug-likeness (QED) is 0.426. The number of piperazine rings is 1. The van der Waals surface area contributed by atoms with Gasteiger partial charge in [0.25, 0.3) is 11.1 Å². The van der Waals surface area contributed by atoms with Crippen LogP contribution in [0.1, 0.15) is 25.3 Å².